The molecular weight excluding hydrogens is 633 g/mol. The van der Waals surface area contributed by atoms with Gasteiger partial charge in [-0.15, -0.1) is 4.72 Å². The second kappa shape index (κ2) is 15.5. The van der Waals surface area contributed by atoms with Crippen molar-refractivity contribution in [2.75, 3.05) is 26.9 Å². The molecule has 256 valence electrons. The van der Waals surface area contributed by atoms with Gasteiger partial charge in [0.2, 0.25) is 0 Å². The van der Waals surface area contributed by atoms with Crippen LogP contribution in [0.15, 0.2) is 48.9 Å². The maximum atomic E-state index is 13.0. The summed E-state index contributed by atoms with van der Waals surface area (Å²) in [6.07, 6.45) is 6.32. The Kier molecular flexibility index (Phi) is 12.2. The van der Waals surface area contributed by atoms with Crippen LogP contribution in [0.25, 0.3) is 28.0 Å². The van der Waals surface area contributed by atoms with Gasteiger partial charge in [-0.2, -0.15) is 5.10 Å². The van der Waals surface area contributed by atoms with Gasteiger partial charge in [-0.3, -0.25) is 9.97 Å². The van der Waals surface area contributed by atoms with Crippen LogP contribution in [-0.2, 0) is 27.1 Å². The minimum Gasteiger partial charge on any atom is -0.598 e. The normalized spacial score (nSPS) is 14.0. The minimum atomic E-state index is -1.98. The Labute approximate surface area is 282 Å². The largest absolute Gasteiger partial charge is 0.598 e. The van der Waals surface area contributed by atoms with Gasteiger partial charge in [0.25, 0.3) is 0 Å². The predicted molar refractivity (Wildman–Crippen MR) is 189 cm³/mol. The molecule has 4 rings (SSSR count). The number of rotatable bonds is 15. The van der Waals surface area contributed by atoms with Gasteiger partial charge in [0.15, 0.2) is 14.1 Å². The van der Waals surface area contributed by atoms with E-state index in [2.05, 4.69) is 43.6 Å². The van der Waals surface area contributed by atoms with Gasteiger partial charge in [-0.1, -0.05) is 26.8 Å². The molecule has 3 heterocycles. The molecule has 0 saturated carbocycles. The van der Waals surface area contributed by atoms with E-state index in [0.717, 1.165) is 27.9 Å². The fourth-order valence-corrected chi connectivity index (χ4v) is 6.28. The van der Waals surface area contributed by atoms with Crippen LogP contribution < -0.4 is 9.46 Å². The smallest absolute Gasteiger partial charge is 0.192 e. The molecule has 0 aliphatic heterocycles. The third kappa shape index (κ3) is 9.37. The van der Waals surface area contributed by atoms with Gasteiger partial charge in [0.1, 0.15) is 17.1 Å². The molecule has 0 radical (unpaired) electrons. The average molecular weight is 683 g/mol. The number of aliphatic hydroxyl groups is 1. The van der Waals surface area contributed by atoms with Crippen LogP contribution >= 0.6 is 0 Å². The second-order valence-corrected chi connectivity index (χ2v) is 20.9. The fraction of sp³-hybridized carbons (Fsp3) is 0.529. The Morgan fingerprint density at radius 2 is 1.81 bits per heavy atom. The average Bonchev–Trinajstić information content (AvgIpc) is 3.45. The number of nitrogens with one attached hydrogen (secondary N) is 1. The van der Waals surface area contributed by atoms with Gasteiger partial charge < -0.3 is 23.6 Å². The van der Waals surface area contributed by atoms with Crippen LogP contribution in [0.2, 0.25) is 18.1 Å². The van der Waals surface area contributed by atoms with Crippen molar-refractivity contribution < 1.29 is 23.6 Å². The van der Waals surface area contributed by atoms with E-state index in [0.29, 0.717) is 49.9 Å². The topological polar surface area (TPSA) is 140 Å². The minimum absolute atomic E-state index is 0.0371. The number of aliphatic hydroxyl groups excluding tert-OH is 1. The first kappa shape index (κ1) is 36.9. The second-order valence-electron chi connectivity index (χ2n) is 14.1. The zero-order valence-corrected chi connectivity index (χ0v) is 31.0. The van der Waals surface area contributed by atoms with Crippen LogP contribution in [0.1, 0.15) is 71.8 Å². The molecule has 1 aromatic carbocycles. The number of ether oxygens (including phenoxy) is 2. The Hall–Kier alpha value is -2.91. The highest BCUT2D eigenvalue weighted by atomic mass is 32.2. The number of fused-ring (bicyclic) bond motifs is 1. The van der Waals surface area contributed by atoms with E-state index in [1.54, 1.807) is 30.4 Å². The maximum Gasteiger partial charge on any atom is 0.192 e. The van der Waals surface area contributed by atoms with E-state index in [-0.39, 0.29) is 17.7 Å². The fourth-order valence-electron chi connectivity index (χ4n) is 4.49. The van der Waals surface area contributed by atoms with Crippen molar-refractivity contribution in [2.45, 2.75) is 89.9 Å². The van der Waals surface area contributed by atoms with E-state index in [1.165, 1.54) is 0 Å². The van der Waals surface area contributed by atoms with Crippen LogP contribution in [0, 0.1) is 0 Å². The molecule has 2 atom stereocenters. The van der Waals surface area contributed by atoms with Crippen molar-refractivity contribution in [3.63, 3.8) is 0 Å². The van der Waals surface area contributed by atoms with Gasteiger partial charge in [-0.25, -0.2) is 9.67 Å². The summed E-state index contributed by atoms with van der Waals surface area (Å²) in [5.41, 5.74) is 3.78. The molecule has 13 heteroatoms. The number of pyridine rings is 1. The molecule has 0 aliphatic carbocycles. The van der Waals surface area contributed by atoms with Crippen LogP contribution in [0.5, 0.6) is 5.75 Å². The van der Waals surface area contributed by atoms with Crippen molar-refractivity contribution in [1.82, 2.24) is 29.5 Å². The number of aromatic nitrogens is 5. The number of methoxy groups -OCH3 is 1. The summed E-state index contributed by atoms with van der Waals surface area (Å²) in [4.78, 5) is 14.4. The summed E-state index contributed by atoms with van der Waals surface area (Å²) in [5, 5.41) is 15.1. The van der Waals surface area contributed by atoms with Crippen LogP contribution in [0.4, 0.5) is 0 Å². The summed E-state index contributed by atoms with van der Waals surface area (Å²) in [6, 6.07) is 9.46. The maximum absolute atomic E-state index is 13.0. The summed E-state index contributed by atoms with van der Waals surface area (Å²) in [7, 11) is -0.344. The quantitative estimate of drug-likeness (QED) is 0.0836. The molecular formula is C34H50N6O5SSi. The van der Waals surface area contributed by atoms with Crippen molar-refractivity contribution >= 4 is 30.6 Å². The molecule has 0 aliphatic rings. The number of benzene rings is 1. The lowest BCUT2D eigenvalue weighted by Gasteiger charge is -2.36. The van der Waals surface area contributed by atoms with Crippen molar-refractivity contribution in [3.8, 4) is 22.8 Å². The van der Waals surface area contributed by atoms with E-state index in [4.69, 9.17) is 29.0 Å². The Balaban J connectivity index is 1.75. The Morgan fingerprint density at radius 3 is 2.49 bits per heavy atom. The number of hydrogen-bond acceptors (Lipinski definition) is 10. The zero-order chi connectivity index (χ0) is 34.4. The molecule has 2 N–H and O–H groups in total. The monoisotopic (exact) mass is 682 g/mol. The highest BCUT2D eigenvalue weighted by Crippen LogP contribution is 2.37. The van der Waals surface area contributed by atoms with Gasteiger partial charge in [0, 0.05) is 30.6 Å². The van der Waals surface area contributed by atoms with Crippen LogP contribution in [-0.4, -0.2) is 74.4 Å². The molecule has 47 heavy (non-hydrogen) atoms. The van der Waals surface area contributed by atoms with Crippen molar-refractivity contribution in [1.29, 1.82) is 0 Å². The van der Waals surface area contributed by atoms with Gasteiger partial charge >= 0.3 is 0 Å². The lowest BCUT2D eigenvalue weighted by Crippen LogP contribution is -2.41. The standard InChI is InChI=1S/C34H50N6O5SSi/c1-33(2,3)46(42)39-29(14-11-15-41)28-13-10-12-27(38-28)24-18-30-26(31(19-24)44-17-16-43-7)21-36-40(30)32-22-35-20-25(37-32)23-45-47(8,9)34(4,5)6/h10,12-13,18-22,29,39,41H,11,14-17,23H2,1-9H3/t29-,46?/m0/s1. The highest BCUT2D eigenvalue weighted by molar-refractivity contribution is 7.90. The van der Waals surface area contributed by atoms with Crippen molar-refractivity contribution in [2.24, 2.45) is 0 Å². The lowest BCUT2D eigenvalue weighted by molar-refractivity contribution is 0.147. The first-order valence-electron chi connectivity index (χ1n) is 16.0. The number of hydrogen-bond donors (Lipinski definition) is 2. The summed E-state index contributed by atoms with van der Waals surface area (Å²) >= 11 is -1.32. The lowest BCUT2D eigenvalue weighted by atomic mass is 10.0. The first-order chi connectivity index (χ1) is 22.1. The summed E-state index contributed by atoms with van der Waals surface area (Å²) in [5.74, 6) is 1.21. The van der Waals surface area contributed by atoms with E-state index in [9.17, 15) is 9.66 Å². The van der Waals surface area contributed by atoms with Gasteiger partial charge in [-0.05, 0) is 76.0 Å². The van der Waals surface area contributed by atoms with E-state index >= 15 is 0 Å². The highest BCUT2D eigenvalue weighted by Gasteiger charge is 2.37. The first-order valence-corrected chi connectivity index (χ1v) is 20.1. The third-order valence-corrected chi connectivity index (χ3v) is 14.4. The molecule has 3 aromatic heterocycles. The van der Waals surface area contributed by atoms with Gasteiger partial charge in [0.05, 0.1) is 65.8 Å². The van der Waals surface area contributed by atoms with E-state index in [1.807, 2.05) is 51.1 Å². The third-order valence-electron chi connectivity index (χ3n) is 8.35. The molecule has 0 spiro atoms. The summed E-state index contributed by atoms with van der Waals surface area (Å²) in [6.45, 7) is 18.0. The molecule has 0 fully saturated rings. The molecule has 1 unspecified atom stereocenters. The predicted octanol–water partition coefficient (Wildman–Crippen LogP) is 6.29. The Bertz CT molecular complexity index is 1620. The zero-order valence-electron chi connectivity index (χ0n) is 29.2. The SMILES string of the molecule is COCCOc1cc(-c2cccc([C@H](CCCO)N[S+]([O-])C(C)(C)C)n2)cc2c1cnn2-c1cncc(CO[Si](C)(C)C(C)(C)C)n1. The molecule has 0 saturated heterocycles. The molecule has 11 nitrogen and oxygen atoms in total. The van der Waals surface area contributed by atoms with Crippen LogP contribution in [0.3, 0.4) is 0 Å². The molecule has 0 bridgehead atoms. The van der Waals surface area contributed by atoms with E-state index < -0.39 is 24.4 Å². The Morgan fingerprint density at radius 1 is 1.04 bits per heavy atom. The summed E-state index contributed by atoms with van der Waals surface area (Å²) < 4.78 is 35.4. The molecule has 4 aromatic rings. The van der Waals surface area contributed by atoms with Crippen molar-refractivity contribution in [3.05, 3.63) is 60.3 Å². The number of nitrogens with zero attached hydrogens (tertiary/aromatic N) is 5. The molecule has 0 amide bonds.